The first-order chi connectivity index (χ1) is 28.3. The highest BCUT2D eigenvalue weighted by atomic mass is 15.0. The fourth-order valence-electron chi connectivity index (χ4n) is 9.70. The third-order valence-corrected chi connectivity index (χ3v) is 12.2. The minimum atomic E-state index is 0.165. The third-order valence-electron chi connectivity index (χ3n) is 12.2. The van der Waals surface area contributed by atoms with Crippen LogP contribution in [0.3, 0.4) is 0 Å². The van der Waals surface area contributed by atoms with Gasteiger partial charge < -0.3 is 9.13 Å². The van der Waals surface area contributed by atoms with Crippen LogP contribution < -0.4 is 0 Å². The van der Waals surface area contributed by atoms with Crippen LogP contribution in [0.5, 0.6) is 0 Å². The summed E-state index contributed by atoms with van der Waals surface area (Å²) in [7, 11) is 0. The Morgan fingerprint density at radius 3 is 1.56 bits per heavy atom. The van der Waals surface area contributed by atoms with E-state index in [9.17, 15) is 0 Å². The number of hydrogen-bond donors (Lipinski definition) is 0. The van der Waals surface area contributed by atoms with Crippen LogP contribution in [0.25, 0.3) is 88.4 Å². The normalized spacial score (nSPS) is 13.4. The van der Waals surface area contributed by atoms with Crippen LogP contribution >= 0.6 is 0 Å². The molecule has 0 saturated carbocycles. The van der Waals surface area contributed by atoms with Gasteiger partial charge in [0.05, 0.1) is 27.8 Å². The average molecular weight is 725 g/mol. The van der Waals surface area contributed by atoms with Gasteiger partial charge in [-0.3, -0.25) is 0 Å². The summed E-state index contributed by atoms with van der Waals surface area (Å²) in [6, 6.07) is 78.1. The van der Waals surface area contributed by atoms with E-state index < -0.39 is 0 Å². The largest absolute Gasteiger partial charge is 0.309 e. The quantitative estimate of drug-likeness (QED) is 0.167. The number of nitrogens with zero attached hydrogens (tertiary/aromatic N) is 2. The Bertz CT molecular complexity index is 3290. The Hall–Kier alpha value is -7.42. The molecule has 1 atom stereocenters. The van der Waals surface area contributed by atoms with Crippen molar-refractivity contribution in [2.24, 2.45) is 0 Å². The lowest BCUT2D eigenvalue weighted by atomic mass is 9.87. The highest BCUT2D eigenvalue weighted by molar-refractivity contribution is 6.11. The lowest BCUT2D eigenvalue weighted by Crippen LogP contribution is -2.00. The van der Waals surface area contributed by atoms with Crippen molar-refractivity contribution >= 4 is 43.6 Å². The number of hydrogen-bond acceptors (Lipinski definition) is 0. The monoisotopic (exact) mass is 724 g/mol. The van der Waals surface area contributed by atoms with E-state index in [0.29, 0.717) is 0 Å². The van der Waals surface area contributed by atoms with Gasteiger partial charge in [0.25, 0.3) is 0 Å². The van der Waals surface area contributed by atoms with E-state index in [1.54, 1.807) is 0 Å². The second kappa shape index (κ2) is 12.6. The molecule has 2 heterocycles. The average Bonchev–Trinajstić information content (AvgIpc) is 3.92. The smallest absolute Gasteiger partial charge is 0.0541 e. The Morgan fingerprint density at radius 2 is 0.825 bits per heavy atom. The Labute approximate surface area is 331 Å². The maximum atomic E-state index is 2.44. The van der Waals surface area contributed by atoms with E-state index in [2.05, 4.69) is 221 Å². The Balaban J connectivity index is 0.940. The van der Waals surface area contributed by atoms with Crippen LogP contribution in [0.4, 0.5) is 0 Å². The summed E-state index contributed by atoms with van der Waals surface area (Å²) < 4.78 is 4.81. The minimum absolute atomic E-state index is 0.165. The zero-order valence-electron chi connectivity index (χ0n) is 31.2. The van der Waals surface area contributed by atoms with Crippen molar-refractivity contribution in [1.82, 2.24) is 9.13 Å². The van der Waals surface area contributed by atoms with Crippen LogP contribution in [-0.2, 0) is 0 Å². The molecule has 57 heavy (non-hydrogen) atoms. The predicted molar refractivity (Wildman–Crippen MR) is 239 cm³/mol. The SMILES string of the molecule is c1ccc(-n2c3ccccc3c3cc(-c4ccc(C5c6ccccc6-c6cc(-c7ccccc7-n7c8ccccc8c8ccccc87)ccc65)cc4)ccc32)cc1. The zero-order valence-corrected chi connectivity index (χ0v) is 31.2. The molecule has 2 heteroatoms. The lowest BCUT2D eigenvalue weighted by Gasteiger charge is -2.17. The molecule has 11 aromatic rings. The van der Waals surface area contributed by atoms with Crippen molar-refractivity contribution < 1.29 is 0 Å². The standard InChI is InChI=1S/C55H36N2/c1-2-14-40(15-3-1)56-51-23-11-9-20-45(51)49-34-38(31-33-54(49)56)36-26-28-37(29-27-36)55-46-21-5-4-17-42(46)48-35-39(30-32-47(48)55)41-16-6-10-22-50(41)57-52-24-12-7-18-43(52)44-19-8-13-25-53(44)57/h1-35,55H. The van der Waals surface area contributed by atoms with Crippen LogP contribution in [0, 0.1) is 0 Å². The van der Waals surface area contributed by atoms with Gasteiger partial charge in [-0.2, -0.15) is 0 Å². The van der Waals surface area contributed by atoms with Gasteiger partial charge in [0.15, 0.2) is 0 Å². The van der Waals surface area contributed by atoms with Crippen molar-refractivity contribution in [2.75, 3.05) is 0 Å². The van der Waals surface area contributed by atoms with Gasteiger partial charge in [-0.1, -0.05) is 158 Å². The van der Waals surface area contributed by atoms with Gasteiger partial charge in [0, 0.05) is 38.7 Å². The molecule has 0 N–H and O–H groups in total. The molecule has 1 unspecified atom stereocenters. The summed E-state index contributed by atoms with van der Waals surface area (Å²) in [4.78, 5) is 0. The van der Waals surface area contributed by atoms with Crippen LogP contribution in [0.1, 0.15) is 22.6 Å². The second-order valence-corrected chi connectivity index (χ2v) is 15.3. The topological polar surface area (TPSA) is 9.86 Å². The Kier molecular flexibility index (Phi) is 7.02. The summed E-state index contributed by atoms with van der Waals surface area (Å²) in [6.07, 6.45) is 0. The molecule has 0 spiro atoms. The first kappa shape index (κ1) is 31.9. The van der Waals surface area contributed by atoms with Crippen molar-refractivity contribution in [3.05, 3.63) is 229 Å². The molecule has 0 bridgehead atoms. The van der Waals surface area contributed by atoms with Crippen molar-refractivity contribution in [3.8, 4) is 44.8 Å². The summed E-state index contributed by atoms with van der Waals surface area (Å²) in [6.45, 7) is 0. The van der Waals surface area contributed by atoms with Crippen molar-refractivity contribution in [2.45, 2.75) is 5.92 Å². The van der Waals surface area contributed by atoms with Gasteiger partial charge in [-0.25, -0.2) is 0 Å². The summed E-state index contributed by atoms with van der Waals surface area (Å²) in [5, 5.41) is 5.09. The summed E-state index contributed by atoms with van der Waals surface area (Å²) >= 11 is 0. The zero-order chi connectivity index (χ0) is 37.5. The molecule has 2 nitrogen and oxygen atoms in total. The summed E-state index contributed by atoms with van der Waals surface area (Å²) in [5.74, 6) is 0.165. The molecule has 12 rings (SSSR count). The second-order valence-electron chi connectivity index (χ2n) is 15.3. The summed E-state index contributed by atoms with van der Waals surface area (Å²) in [5.41, 5.74) is 18.8. The van der Waals surface area contributed by atoms with Crippen LogP contribution in [0.2, 0.25) is 0 Å². The molecule has 1 aliphatic carbocycles. The number of rotatable bonds is 5. The molecule has 266 valence electrons. The van der Waals surface area contributed by atoms with E-state index in [1.165, 1.54) is 105 Å². The molecule has 1 aliphatic rings. The predicted octanol–water partition coefficient (Wildman–Crippen LogP) is 14.4. The fourth-order valence-corrected chi connectivity index (χ4v) is 9.70. The van der Waals surface area contributed by atoms with E-state index in [1.807, 2.05) is 0 Å². The first-order valence-corrected chi connectivity index (χ1v) is 19.8. The molecule has 0 amide bonds. The lowest BCUT2D eigenvalue weighted by molar-refractivity contribution is 1.02. The molecule has 0 aliphatic heterocycles. The van der Waals surface area contributed by atoms with Gasteiger partial charge in [0.1, 0.15) is 0 Å². The van der Waals surface area contributed by atoms with Crippen molar-refractivity contribution in [3.63, 3.8) is 0 Å². The third kappa shape index (κ3) is 4.84. The Morgan fingerprint density at radius 1 is 0.298 bits per heavy atom. The molecular formula is C55H36N2. The molecular weight excluding hydrogens is 689 g/mol. The fraction of sp³-hybridized carbons (Fsp3) is 0.0182. The highest BCUT2D eigenvalue weighted by Gasteiger charge is 2.30. The molecule has 9 aromatic carbocycles. The van der Waals surface area contributed by atoms with Gasteiger partial charge in [-0.05, 0) is 99.1 Å². The maximum Gasteiger partial charge on any atom is 0.0541 e. The van der Waals surface area contributed by atoms with E-state index in [-0.39, 0.29) is 5.92 Å². The van der Waals surface area contributed by atoms with Crippen molar-refractivity contribution in [1.29, 1.82) is 0 Å². The first-order valence-electron chi connectivity index (χ1n) is 19.8. The molecule has 0 radical (unpaired) electrons. The number of para-hydroxylation sites is 5. The minimum Gasteiger partial charge on any atom is -0.309 e. The van der Waals surface area contributed by atoms with E-state index in [0.717, 1.165) is 0 Å². The number of aromatic nitrogens is 2. The van der Waals surface area contributed by atoms with E-state index >= 15 is 0 Å². The number of fused-ring (bicyclic) bond motifs is 9. The van der Waals surface area contributed by atoms with Crippen LogP contribution in [-0.4, -0.2) is 9.13 Å². The highest BCUT2D eigenvalue weighted by Crippen LogP contribution is 2.50. The van der Waals surface area contributed by atoms with Gasteiger partial charge in [-0.15, -0.1) is 0 Å². The molecule has 2 aromatic heterocycles. The van der Waals surface area contributed by atoms with Gasteiger partial charge in [0.2, 0.25) is 0 Å². The van der Waals surface area contributed by atoms with Gasteiger partial charge >= 0.3 is 0 Å². The number of benzene rings is 9. The van der Waals surface area contributed by atoms with E-state index in [4.69, 9.17) is 0 Å². The van der Waals surface area contributed by atoms with Crippen LogP contribution in [0.15, 0.2) is 212 Å². The molecule has 0 saturated heterocycles. The molecule has 0 fully saturated rings. The maximum absolute atomic E-state index is 2.44.